The van der Waals surface area contributed by atoms with Crippen molar-refractivity contribution < 1.29 is 13.2 Å². The molecule has 0 saturated carbocycles. The quantitative estimate of drug-likeness (QED) is 0.387. The van der Waals surface area contributed by atoms with Crippen molar-refractivity contribution in [3.05, 3.63) is 87.9 Å². The number of rotatable bonds is 3. The molecule has 2 aromatic carbocycles. The third kappa shape index (κ3) is 4.61. The van der Waals surface area contributed by atoms with Crippen LogP contribution in [0.1, 0.15) is 19.4 Å². The number of hydrogen-bond donors (Lipinski definition) is 0. The maximum absolute atomic E-state index is 12.8. The van der Waals surface area contributed by atoms with Gasteiger partial charge in [0.1, 0.15) is 0 Å². The fraction of sp³-hybridized carbons (Fsp3) is 0.0952. The lowest BCUT2D eigenvalue weighted by atomic mass is 9.97. The van der Waals surface area contributed by atoms with E-state index in [-0.39, 0.29) is 16.5 Å². The van der Waals surface area contributed by atoms with Gasteiger partial charge in [0.2, 0.25) is 0 Å². The molecule has 0 heterocycles. The number of hydrogen-bond acceptors (Lipinski definition) is 3. The van der Waals surface area contributed by atoms with Crippen molar-refractivity contribution in [2.45, 2.75) is 18.7 Å². The molecular weight excluding hydrogens is 440 g/mol. The van der Waals surface area contributed by atoms with Gasteiger partial charge in [0.25, 0.3) is 10.0 Å². The maximum atomic E-state index is 12.8. The Hall–Kier alpha value is -2.64. The molecule has 142 valence electrons. The molecule has 0 unspecified atom stereocenters. The van der Waals surface area contributed by atoms with E-state index in [9.17, 15) is 13.2 Å². The number of aliphatic imine (C=N–C) groups is 1. The summed E-state index contributed by atoms with van der Waals surface area (Å²) >= 11 is 3.29. The van der Waals surface area contributed by atoms with Crippen molar-refractivity contribution in [3.8, 4) is 0 Å². The smallest absolute Gasteiger partial charge is 0.284 e. The molecule has 0 aliphatic heterocycles. The molecule has 7 heteroatoms. The van der Waals surface area contributed by atoms with Crippen molar-refractivity contribution in [1.82, 2.24) is 0 Å². The molecule has 0 N–H and O–H groups in total. The van der Waals surface area contributed by atoms with E-state index in [0.29, 0.717) is 22.4 Å². The first kappa shape index (κ1) is 20.1. The molecule has 1 aliphatic rings. The zero-order valence-corrected chi connectivity index (χ0v) is 17.7. The molecule has 1 aliphatic carbocycles. The van der Waals surface area contributed by atoms with Gasteiger partial charge in [0.15, 0.2) is 11.6 Å². The van der Waals surface area contributed by atoms with Crippen LogP contribution >= 0.6 is 15.9 Å². The Morgan fingerprint density at radius 1 is 0.893 bits per heavy atom. The van der Waals surface area contributed by atoms with Crippen molar-refractivity contribution in [3.63, 3.8) is 0 Å². The maximum Gasteiger partial charge on any atom is 0.284 e. The second-order valence-corrected chi connectivity index (χ2v) is 8.75. The molecule has 28 heavy (non-hydrogen) atoms. The van der Waals surface area contributed by atoms with Gasteiger partial charge in [-0.05, 0) is 61.4 Å². The summed E-state index contributed by atoms with van der Waals surface area (Å²) in [6.07, 6.45) is 2.94. The van der Waals surface area contributed by atoms with E-state index in [1.54, 1.807) is 50.2 Å². The monoisotopic (exact) mass is 456 g/mol. The van der Waals surface area contributed by atoms with Crippen LogP contribution < -0.4 is 0 Å². The molecule has 3 rings (SSSR count). The topological polar surface area (TPSA) is 75.9 Å². The Labute approximate surface area is 172 Å². The first-order valence-corrected chi connectivity index (χ1v) is 10.7. The average molecular weight is 457 g/mol. The third-order valence-electron chi connectivity index (χ3n) is 4.03. The normalized spacial score (nSPS) is 15.2. The fourth-order valence-corrected chi connectivity index (χ4v) is 3.92. The molecular formula is C21H17BrN2O3S. The number of halogens is 1. The van der Waals surface area contributed by atoms with Crippen LogP contribution in [0.5, 0.6) is 0 Å². The fourth-order valence-electron chi connectivity index (χ4n) is 2.70. The minimum Gasteiger partial charge on any atom is -0.290 e. The first-order chi connectivity index (χ1) is 13.3. The lowest BCUT2D eigenvalue weighted by molar-refractivity contribution is -0.110. The van der Waals surface area contributed by atoms with Crippen LogP contribution in [-0.4, -0.2) is 25.7 Å². The summed E-state index contributed by atoms with van der Waals surface area (Å²) in [4.78, 5) is 16.3. The van der Waals surface area contributed by atoms with Crippen LogP contribution in [0.4, 0.5) is 0 Å². The highest BCUT2D eigenvalue weighted by atomic mass is 79.9. The molecule has 0 fully saturated rings. The molecule has 0 atom stereocenters. The second kappa shape index (κ2) is 8.16. The Morgan fingerprint density at radius 3 is 2.04 bits per heavy atom. The number of benzene rings is 2. The van der Waals surface area contributed by atoms with Crippen LogP contribution in [0.25, 0.3) is 0 Å². The van der Waals surface area contributed by atoms with E-state index in [1.165, 1.54) is 24.3 Å². The largest absolute Gasteiger partial charge is 0.290 e. The Bertz CT molecular complexity index is 1120. The van der Waals surface area contributed by atoms with E-state index in [1.807, 2.05) is 6.07 Å². The molecule has 0 amide bonds. The summed E-state index contributed by atoms with van der Waals surface area (Å²) in [5.41, 5.74) is 2.42. The van der Waals surface area contributed by atoms with Gasteiger partial charge in [0, 0.05) is 10.0 Å². The van der Waals surface area contributed by atoms with E-state index in [2.05, 4.69) is 25.3 Å². The highest BCUT2D eigenvalue weighted by Gasteiger charge is 2.18. The standard InChI is InChI=1S/C21H17BrN2O3S/c1-14-12-18(25)13-15(2)20(14)23-21(16-6-4-3-5-7-16)24-28(26,27)19-10-8-17(22)9-11-19/h3-13H,1-2H3/b24-21-. The number of ketones is 1. The summed E-state index contributed by atoms with van der Waals surface area (Å²) in [7, 11) is -3.97. The van der Waals surface area contributed by atoms with E-state index >= 15 is 0 Å². The van der Waals surface area contributed by atoms with Gasteiger partial charge in [-0.3, -0.25) is 4.79 Å². The van der Waals surface area contributed by atoms with Gasteiger partial charge < -0.3 is 0 Å². The van der Waals surface area contributed by atoms with Gasteiger partial charge in [-0.1, -0.05) is 46.3 Å². The van der Waals surface area contributed by atoms with Crippen LogP contribution in [0.2, 0.25) is 0 Å². The van der Waals surface area contributed by atoms with Gasteiger partial charge in [-0.25, -0.2) is 4.99 Å². The average Bonchev–Trinajstić information content (AvgIpc) is 2.64. The number of allylic oxidation sites excluding steroid dienone is 4. The molecule has 0 bridgehead atoms. The Kier molecular flexibility index (Phi) is 5.86. The number of carbonyl (C=O) groups is 1. The summed E-state index contributed by atoms with van der Waals surface area (Å²) in [6.45, 7) is 3.53. The van der Waals surface area contributed by atoms with Crippen LogP contribution in [0.15, 0.2) is 96.7 Å². The molecule has 5 nitrogen and oxygen atoms in total. The predicted octanol–water partition coefficient (Wildman–Crippen LogP) is 4.50. The summed E-state index contributed by atoms with van der Waals surface area (Å²) < 4.78 is 30.4. The highest BCUT2D eigenvalue weighted by Crippen LogP contribution is 2.20. The van der Waals surface area contributed by atoms with E-state index in [0.717, 1.165) is 4.47 Å². The number of carbonyl (C=O) groups excluding carboxylic acids is 1. The molecule has 0 spiro atoms. The van der Waals surface area contributed by atoms with Crippen molar-refractivity contribution in [2.24, 2.45) is 9.39 Å². The Morgan fingerprint density at radius 2 is 1.46 bits per heavy atom. The highest BCUT2D eigenvalue weighted by molar-refractivity contribution is 9.10. The summed E-state index contributed by atoms with van der Waals surface area (Å²) in [6, 6.07) is 15.1. The third-order valence-corrected chi connectivity index (χ3v) is 5.84. The summed E-state index contributed by atoms with van der Waals surface area (Å²) in [5.74, 6) is -0.0528. The number of sulfonamides is 1. The molecule has 0 saturated heterocycles. The zero-order chi connectivity index (χ0) is 20.3. The second-order valence-electron chi connectivity index (χ2n) is 6.23. The SMILES string of the molecule is CC1=CC(=O)C=C(C)C1=N/C(=N\S(=O)(=O)c1ccc(Br)cc1)c1ccccc1. The van der Waals surface area contributed by atoms with Crippen LogP contribution in [0, 0.1) is 0 Å². The summed E-state index contributed by atoms with van der Waals surface area (Å²) in [5, 5.41) is 0. The van der Waals surface area contributed by atoms with Crippen molar-refractivity contribution in [2.75, 3.05) is 0 Å². The minimum absolute atomic E-state index is 0.0633. The molecule has 0 aromatic heterocycles. The van der Waals surface area contributed by atoms with Crippen molar-refractivity contribution in [1.29, 1.82) is 0 Å². The predicted molar refractivity (Wildman–Crippen MR) is 114 cm³/mol. The van der Waals surface area contributed by atoms with Crippen LogP contribution in [0.3, 0.4) is 0 Å². The number of amidine groups is 1. The van der Waals surface area contributed by atoms with E-state index < -0.39 is 10.0 Å². The molecule has 2 aromatic rings. The van der Waals surface area contributed by atoms with Crippen LogP contribution in [-0.2, 0) is 14.8 Å². The lowest BCUT2D eigenvalue weighted by Gasteiger charge is -2.12. The zero-order valence-electron chi connectivity index (χ0n) is 15.3. The number of nitrogens with zero attached hydrogens (tertiary/aromatic N) is 2. The molecule has 0 radical (unpaired) electrons. The van der Waals surface area contributed by atoms with Gasteiger partial charge in [-0.15, -0.1) is 4.40 Å². The minimum atomic E-state index is -3.97. The van der Waals surface area contributed by atoms with E-state index in [4.69, 9.17) is 0 Å². The Balaban J connectivity index is 2.16. The van der Waals surface area contributed by atoms with Crippen molar-refractivity contribution >= 4 is 43.3 Å². The van der Waals surface area contributed by atoms with Gasteiger partial charge in [0.05, 0.1) is 10.6 Å². The van der Waals surface area contributed by atoms with Gasteiger partial charge in [-0.2, -0.15) is 8.42 Å². The van der Waals surface area contributed by atoms with Gasteiger partial charge >= 0.3 is 0 Å². The lowest BCUT2D eigenvalue weighted by Crippen LogP contribution is -2.14. The first-order valence-electron chi connectivity index (χ1n) is 8.42.